The Kier molecular flexibility index (Phi) is 5.53. The number of hydrogen-bond donors (Lipinski definition) is 1. The summed E-state index contributed by atoms with van der Waals surface area (Å²) >= 11 is 0. The van der Waals surface area contributed by atoms with Gasteiger partial charge in [0.1, 0.15) is 11.6 Å². The first-order valence-electron chi connectivity index (χ1n) is 9.58. The van der Waals surface area contributed by atoms with E-state index in [0.29, 0.717) is 17.6 Å². The third kappa shape index (κ3) is 4.60. The summed E-state index contributed by atoms with van der Waals surface area (Å²) in [4.78, 5) is 11.2. The Hall–Kier alpha value is -3.26. The second kappa shape index (κ2) is 8.40. The van der Waals surface area contributed by atoms with Gasteiger partial charge >= 0.3 is 0 Å². The van der Waals surface area contributed by atoms with Crippen LogP contribution >= 0.6 is 0 Å². The van der Waals surface area contributed by atoms with Gasteiger partial charge in [-0.25, -0.2) is 4.98 Å². The molecule has 1 N–H and O–H groups in total. The highest BCUT2D eigenvalue weighted by molar-refractivity contribution is 5.67. The number of rotatable bonds is 5. The molecule has 0 bridgehead atoms. The van der Waals surface area contributed by atoms with Crippen LogP contribution in [0.5, 0.6) is 5.75 Å². The first-order chi connectivity index (χ1) is 14.1. The van der Waals surface area contributed by atoms with Gasteiger partial charge < -0.3 is 19.7 Å². The van der Waals surface area contributed by atoms with Gasteiger partial charge in [-0.05, 0) is 43.7 Å². The molecule has 0 radical (unpaired) electrons. The molecular weight excluding hydrogens is 368 g/mol. The highest BCUT2D eigenvalue weighted by atomic mass is 16.5. The van der Waals surface area contributed by atoms with Gasteiger partial charge in [-0.1, -0.05) is 12.1 Å². The normalized spacial score (nSPS) is 19.1. The van der Waals surface area contributed by atoms with Gasteiger partial charge in [-0.2, -0.15) is 10.1 Å². The third-order valence-corrected chi connectivity index (χ3v) is 4.68. The second-order valence-electron chi connectivity index (χ2n) is 7.09. The summed E-state index contributed by atoms with van der Waals surface area (Å²) < 4.78 is 11.0. The smallest absolute Gasteiger partial charge is 0.227 e. The molecule has 2 atom stereocenters. The molecule has 0 amide bonds. The number of nitrogens with one attached hydrogen (secondary N) is 1. The number of methoxy groups -OCH3 is 1. The topological polar surface area (TPSA) is 85.3 Å². The van der Waals surface area contributed by atoms with Crippen molar-refractivity contribution < 1.29 is 9.47 Å². The highest BCUT2D eigenvalue weighted by Crippen LogP contribution is 2.24. The molecule has 0 spiro atoms. The van der Waals surface area contributed by atoms with Crippen LogP contribution in [0, 0.1) is 0 Å². The van der Waals surface area contributed by atoms with Crippen molar-refractivity contribution >= 4 is 17.6 Å². The fourth-order valence-corrected chi connectivity index (χ4v) is 3.41. The Morgan fingerprint density at radius 3 is 2.52 bits per heavy atom. The molecule has 150 valence electrons. The summed E-state index contributed by atoms with van der Waals surface area (Å²) in [5.41, 5.74) is 1.98. The largest absolute Gasteiger partial charge is 0.497 e. The molecule has 1 aromatic carbocycles. The highest BCUT2D eigenvalue weighted by Gasteiger charge is 2.24. The fourth-order valence-electron chi connectivity index (χ4n) is 3.41. The lowest BCUT2D eigenvalue weighted by atomic mass is 10.1. The predicted octanol–water partition coefficient (Wildman–Crippen LogP) is 3.30. The second-order valence-corrected chi connectivity index (χ2v) is 7.09. The molecule has 1 aliphatic rings. The van der Waals surface area contributed by atoms with E-state index in [1.807, 2.05) is 36.4 Å². The van der Waals surface area contributed by atoms with Crippen molar-refractivity contribution in [1.82, 2.24) is 20.2 Å². The van der Waals surface area contributed by atoms with E-state index in [4.69, 9.17) is 9.47 Å². The lowest BCUT2D eigenvalue weighted by Crippen LogP contribution is -2.46. The van der Waals surface area contributed by atoms with Crippen LogP contribution in [0.15, 0.2) is 48.8 Å². The number of anilines is 3. The molecule has 0 saturated carbocycles. The SMILES string of the molecule is COc1ccc(-c2cnnc(Nc3ccnc(N4C[C@@H](C)O[C@@H](C)C4)n3)c2)cc1. The average molecular weight is 392 g/mol. The molecule has 0 unspecified atom stereocenters. The Balaban J connectivity index is 1.52. The number of morpholine rings is 1. The molecule has 0 aliphatic carbocycles. The zero-order valence-electron chi connectivity index (χ0n) is 16.7. The van der Waals surface area contributed by atoms with Crippen molar-refractivity contribution in [1.29, 1.82) is 0 Å². The van der Waals surface area contributed by atoms with E-state index in [0.717, 1.165) is 30.0 Å². The maximum Gasteiger partial charge on any atom is 0.227 e. The van der Waals surface area contributed by atoms with Crippen LogP contribution in [0.1, 0.15) is 13.8 Å². The number of benzene rings is 1. The molecule has 2 aromatic heterocycles. The van der Waals surface area contributed by atoms with Crippen molar-refractivity contribution in [2.24, 2.45) is 0 Å². The number of aromatic nitrogens is 4. The van der Waals surface area contributed by atoms with Gasteiger partial charge in [0.25, 0.3) is 0 Å². The van der Waals surface area contributed by atoms with Gasteiger partial charge in [-0.15, -0.1) is 5.10 Å². The molecule has 4 rings (SSSR count). The zero-order chi connectivity index (χ0) is 20.2. The van der Waals surface area contributed by atoms with Crippen molar-refractivity contribution in [3.05, 3.63) is 48.8 Å². The molecule has 3 aromatic rings. The molecule has 8 heteroatoms. The van der Waals surface area contributed by atoms with Crippen molar-refractivity contribution in [3.8, 4) is 16.9 Å². The average Bonchev–Trinajstić information content (AvgIpc) is 2.73. The summed E-state index contributed by atoms with van der Waals surface area (Å²) in [6, 6.07) is 11.6. The zero-order valence-corrected chi connectivity index (χ0v) is 16.7. The molecule has 1 aliphatic heterocycles. The maximum atomic E-state index is 5.79. The maximum absolute atomic E-state index is 5.79. The number of hydrogen-bond acceptors (Lipinski definition) is 8. The minimum absolute atomic E-state index is 0.144. The minimum Gasteiger partial charge on any atom is -0.497 e. The van der Waals surface area contributed by atoms with E-state index in [1.165, 1.54) is 0 Å². The molecule has 3 heterocycles. The molecule has 29 heavy (non-hydrogen) atoms. The fraction of sp³-hybridized carbons (Fsp3) is 0.333. The van der Waals surface area contributed by atoms with Gasteiger partial charge in [-0.3, -0.25) is 0 Å². The predicted molar refractivity (Wildman–Crippen MR) is 112 cm³/mol. The van der Waals surface area contributed by atoms with E-state index in [2.05, 4.69) is 44.2 Å². The lowest BCUT2D eigenvalue weighted by molar-refractivity contribution is -0.00571. The summed E-state index contributed by atoms with van der Waals surface area (Å²) in [5.74, 6) is 2.78. The van der Waals surface area contributed by atoms with Crippen LogP contribution in [0.3, 0.4) is 0 Å². The monoisotopic (exact) mass is 392 g/mol. The Bertz CT molecular complexity index is 955. The molecular formula is C21H24N6O2. The van der Waals surface area contributed by atoms with Gasteiger partial charge in [0, 0.05) is 24.8 Å². The van der Waals surface area contributed by atoms with E-state index in [-0.39, 0.29) is 12.2 Å². The van der Waals surface area contributed by atoms with Crippen LogP contribution in [0.25, 0.3) is 11.1 Å². The molecule has 8 nitrogen and oxygen atoms in total. The third-order valence-electron chi connectivity index (χ3n) is 4.68. The van der Waals surface area contributed by atoms with Gasteiger partial charge in [0.15, 0.2) is 5.82 Å². The van der Waals surface area contributed by atoms with E-state index in [9.17, 15) is 0 Å². The Labute approximate surface area is 169 Å². The minimum atomic E-state index is 0.144. The van der Waals surface area contributed by atoms with Crippen LogP contribution < -0.4 is 15.0 Å². The summed E-state index contributed by atoms with van der Waals surface area (Å²) in [6.07, 6.45) is 3.77. The molecule has 1 fully saturated rings. The van der Waals surface area contributed by atoms with Crippen LogP contribution in [-0.4, -0.2) is 52.6 Å². The van der Waals surface area contributed by atoms with E-state index >= 15 is 0 Å². The van der Waals surface area contributed by atoms with E-state index in [1.54, 1.807) is 19.5 Å². The summed E-state index contributed by atoms with van der Waals surface area (Å²) in [6.45, 7) is 5.65. The van der Waals surface area contributed by atoms with Crippen LogP contribution in [0.4, 0.5) is 17.6 Å². The number of nitrogens with zero attached hydrogens (tertiary/aromatic N) is 5. The quantitative estimate of drug-likeness (QED) is 0.708. The Morgan fingerprint density at radius 2 is 1.79 bits per heavy atom. The van der Waals surface area contributed by atoms with E-state index < -0.39 is 0 Å². The molecule has 1 saturated heterocycles. The number of ether oxygens (including phenoxy) is 2. The first-order valence-corrected chi connectivity index (χ1v) is 9.58. The van der Waals surface area contributed by atoms with Gasteiger partial charge in [0.05, 0.1) is 25.5 Å². The van der Waals surface area contributed by atoms with Crippen molar-refractivity contribution in [2.45, 2.75) is 26.1 Å². The Morgan fingerprint density at radius 1 is 1.03 bits per heavy atom. The van der Waals surface area contributed by atoms with Gasteiger partial charge in [0.2, 0.25) is 5.95 Å². The van der Waals surface area contributed by atoms with Crippen LogP contribution in [-0.2, 0) is 4.74 Å². The first kappa shape index (κ1) is 19.1. The van der Waals surface area contributed by atoms with Crippen LogP contribution in [0.2, 0.25) is 0 Å². The summed E-state index contributed by atoms with van der Waals surface area (Å²) in [5, 5.41) is 11.5. The van der Waals surface area contributed by atoms with Crippen molar-refractivity contribution in [3.63, 3.8) is 0 Å². The summed E-state index contributed by atoms with van der Waals surface area (Å²) in [7, 11) is 1.65. The standard InChI is InChI=1S/C21H24N6O2/c1-14-12-27(13-15(2)29-14)21-22-9-8-19(25-21)24-20-10-17(11-23-26-20)16-4-6-18(28-3)7-5-16/h4-11,14-15H,12-13H2,1-3H3,(H,22,24,25,26)/t14-,15+. The lowest BCUT2D eigenvalue weighted by Gasteiger charge is -2.35. The van der Waals surface area contributed by atoms with Crippen molar-refractivity contribution in [2.75, 3.05) is 30.4 Å².